The Balaban J connectivity index is 1.28. The maximum atomic E-state index is 13.5. The second kappa shape index (κ2) is 10.5. The predicted molar refractivity (Wildman–Crippen MR) is 151 cm³/mol. The second-order valence-corrected chi connectivity index (χ2v) is 10.0. The quantitative estimate of drug-likeness (QED) is 0.264. The Kier molecular flexibility index (Phi) is 6.76. The van der Waals surface area contributed by atoms with Crippen LogP contribution in [0.3, 0.4) is 0 Å². The van der Waals surface area contributed by atoms with Crippen molar-refractivity contribution in [2.24, 2.45) is 0 Å². The first kappa shape index (κ1) is 26.3. The molecule has 10 nitrogen and oxygen atoms in total. The summed E-state index contributed by atoms with van der Waals surface area (Å²) in [5.74, 6) is -1.05. The van der Waals surface area contributed by atoms with Crippen LogP contribution in [-0.2, 0) is 16.0 Å². The number of hydrogen-bond acceptors (Lipinski definition) is 7. The van der Waals surface area contributed by atoms with E-state index in [0.29, 0.717) is 46.4 Å². The minimum atomic E-state index is -0.620. The van der Waals surface area contributed by atoms with Crippen LogP contribution < -0.4 is 10.1 Å². The van der Waals surface area contributed by atoms with Gasteiger partial charge in [-0.1, -0.05) is 36.4 Å². The molecule has 0 unspecified atom stereocenters. The number of benzene rings is 3. The monoisotopic (exact) mass is 552 g/mol. The molecule has 0 spiro atoms. The summed E-state index contributed by atoms with van der Waals surface area (Å²) in [7, 11) is 2.82. The van der Waals surface area contributed by atoms with E-state index >= 15 is 0 Å². The van der Waals surface area contributed by atoms with E-state index in [2.05, 4.69) is 10.3 Å². The van der Waals surface area contributed by atoms with Crippen molar-refractivity contribution in [3.05, 3.63) is 94.7 Å². The fourth-order valence-electron chi connectivity index (χ4n) is 5.74. The molecule has 2 aliphatic rings. The summed E-state index contributed by atoms with van der Waals surface area (Å²) in [5.41, 5.74) is 3.90. The van der Waals surface area contributed by atoms with Crippen LogP contribution in [-0.4, -0.2) is 72.3 Å². The lowest BCUT2D eigenvalue weighted by atomic mass is 9.92. The molecule has 0 bridgehead atoms. The van der Waals surface area contributed by atoms with Crippen LogP contribution in [0, 0.1) is 0 Å². The number of nitrogens with one attached hydrogen (secondary N) is 2. The van der Waals surface area contributed by atoms with E-state index in [9.17, 15) is 19.2 Å². The highest BCUT2D eigenvalue weighted by atomic mass is 16.5. The largest absolute Gasteiger partial charge is 0.497 e. The topological polar surface area (TPSA) is 121 Å². The summed E-state index contributed by atoms with van der Waals surface area (Å²) in [6, 6.07) is 19.5. The number of carbonyl (C=O) groups excluding carboxylic acids is 4. The number of carbonyl (C=O) groups is 4. The Bertz CT molecular complexity index is 1680. The molecule has 6 rings (SSSR count). The van der Waals surface area contributed by atoms with Crippen molar-refractivity contribution in [2.45, 2.75) is 12.5 Å². The molecule has 0 saturated heterocycles. The fraction of sp³-hybridized carbons (Fsp3) is 0.226. The standard InChI is InChI=1S/C31H28N4O6/c1-40-19-11-12-23-24(15-19)32-28(31(39)41-2)27(23)33-26(36)17-34-14-13-18-7-3-4-8-20(18)25(34)16-35-29(37)21-9-5-6-10-22(21)30(35)38/h3-12,15,25,32H,13-14,16-17H2,1-2H3,(H,33,36)/t25-/m1/s1. The fourth-order valence-corrected chi connectivity index (χ4v) is 5.74. The number of rotatable bonds is 7. The molecule has 0 radical (unpaired) electrons. The molecule has 0 aliphatic carbocycles. The first-order chi connectivity index (χ1) is 19.9. The van der Waals surface area contributed by atoms with Crippen LogP contribution in [0.25, 0.3) is 10.9 Å². The van der Waals surface area contributed by atoms with E-state index in [0.717, 1.165) is 11.1 Å². The number of nitrogens with zero attached hydrogens (tertiary/aromatic N) is 2. The molecule has 2 N–H and O–H groups in total. The number of anilines is 1. The third kappa shape index (κ3) is 4.62. The van der Waals surface area contributed by atoms with Crippen molar-refractivity contribution in [1.29, 1.82) is 0 Å². The second-order valence-electron chi connectivity index (χ2n) is 10.0. The van der Waals surface area contributed by atoms with Crippen LogP contribution in [0.4, 0.5) is 5.69 Å². The van der Waals surface area contributed by atoms with Gasteiger partial charge < -0.3 is 19.8 Å². The van der Waals surface area contributed by atoms with Gasteiger partial charge in [0.25, 0.3) is 11.8 Å². The summed E-state index contributed by atoms with van der Waals surface area (Å²) < 4.78 is 10.2. The third-order valence-corrected chi connectivity index (χ3v) is 7.76. The van der Waals surface area contributed by atoms with Gasteiger partial charge >= 0.3 is 5.97 Å². The highest BCUT2D eigenvalue weighted by Crippen LogP contribution is 2.34. The average molecular weight is 553 g/mol. The van der Waals surface area contributed by atoms with Crippen LogP contribution in [0.2, 0.25) is 0 Å². The Morgan fingerprint density at radius 3 is 2.39 bits per heavy atom. The van der Waals surface area contributed by atoms with Gasteiger partial charge in [-0.2, -0.15) is 0 Å². The van der Waals surface area contributed by atoms with Crippen molar-refractivity contribution in [1.82, 2.24) is 14.8 Å². The SMILES string of the molecule is COC(=O)c1[nH]c2cc(OC)ccc2c1NC(=O)CN1CCc2ccccc2[C@H]1CN1C(=O)c2ccccc2C1=O. The molecule has 2 aliphatic heterocycles. The lowest BCUT2D eigenvalue weighted by molar-refractivity contribution is -0.118. The zero-order chi connectivity index (χ0) is 28.7. The highest BCUT2D eigenvalue weighted by Gasteiger charge is 2.39. The van der Waals surface area contributed by atoms with Crippen molar-refractivity contribution < 1.29 is 28.7 Å². The van der Waals surface area contributed by atoms with E-state index in [1.54, 1.807) is 49.6 Å². The molecule has 3 aromatic carbocycles. The van der Waals surface area contributed by atoms with E-state index in [-0.39, 0.29) is 42.5 Å². The van der Waals surface area contributed by atoms with Gasteiger partial charge in [-0.25, -0.2) is 4.79 Å². The van der Waals surface area contributed by atoms with Crippen molar-refractivity contribution in [2.75, 3.05) is 39.2 Å². The molecule has 1 atom stereocenters. The zero-order valence-corrected chi connectivity index (χ0v) is 22.6. The zero-order valence-electron chi connectivity index (χ0n) is 22.6. The Labute approximate surface area is 235 Å². The van der Waals surface area contributed by atoms with Crippen LogP contribution in [0.15, 0.2) is 66.7 Å². The summed E-state index contributed by atoms with van der Waals surface area (Å²) >= 11 is 0. The van der Waals surface area contributed by atoms with Gasteiger partial charge in [-0.05, 0) is 41.8 Å². The van der Waals surface area contributed by atoms with Crippen molar-refractivity contribution >= 4 is 40.3 Å². The van der Waals surface area contributed by atoms with E-state index in [4.69, 9.17) is 9.47 Å². The number of aromatic amines is 1. The molecule has 0 fully saturated rings. The van der Waals surface area contributed by atoms with Crippen LogP contribution in [0.1, 0.15) is 48.4 Å². The first-order valence-electron chi connectivity index (χ1n) is 13.2. The first-order valence-corrected chi connectivity index (χ1v) is 13.2. The third-order valence-electron chi connectivity index (χ3n) is 7.76. The van der Waals surface area contributed by atoms with Crippen molar-refractivity contribution in [3.63, 3.8) is 0 Å². The number of hydrogen-bond donors (Lipinski definition) is 2. The molecule has 3 heterocycles. The lowest BCUT2D eigenvalue weighted by Crippen LogP contribution is -2.46. The Hall–Kier alpha value is -4.96. The Morgan fingerprint density at radius 2 is 1.68 bits per heavy atom. The summed E-state index contributed by atoms with van der Waals surface area (Å²) in [6.07, 6.45) is 0.711. The molecular formula is C31H28N4O6. The van der Waals surface area contributed by atoms with E-state index in [1.165, 1.54) is 12.0 Å². The smallest absolute Gasteiger partial charge is 0.356 e. The number of aromatic nitrogens is 1. The van der Waals surface area contributed by atoms with E-state index in [1.807, 2.05) is 29.2 Å². The number of fused-ring (bicyclic) bond motifs is 3. The maximum Gasteiger partial charge on any atom is 0.356 e. The van der Waals surface area contributed by atoms with Crippen LogP contribution in [0.5, 0.6) is 5.75 Å². The molecular weight excluding hydrogens is 524 g/mol. The highest BCUT2D eigenvalue weighted by molar-refractivity contribution is 6.21. The van der Waals surface area contributed by atoms with Gasteiger partial charge in [0.1, 0.15) is 11.4 Å². The normalized spacial score (nSPS) is 16.4. The number of amides is 3. The minimum Gasteiger partial charge on any atom is -0.497 e. The molecule has 1 aromatic heterocycles. The van der Waals surface area contributed by atoms with E-state index < -0.39 is 5.97 Å². The molecule has 208 valence electrons. The van der Waals surface area contributed by atoms with Gasteiger partial charge in [0.2, 0.25) is 5.91 Å². The molecule has 3 amide bonds. The number of methoxy groups -OCH3 is 2. The molecule has 4 aromatic rings. The summed E-state index contributed by atoms with van der Waals surface area (Å²) in [4.78, 5) is 58.7. The Morgan fingerprint density at radius 1 is 0.976 bits per heavy atom. The predicted octanol–water partition coefficient (Wildman–Crippen LogP) is 3.80. The van der Waals surface area contributed by atoms with Gasteiger partial charge in [0, 0.05) is 24.5 Å². The maximum absolute atomic E-state index is 13.5. The molecule has 41 heavy (non-hydrogen) atoms. The number of ether oxygens (including phenoxy) is 2. The number of H-pyrrole nitrogens is 1. The van der Waals surface area contributed by atoms with Crippen molar-refractivity contribution in [3.8, 4) is 5.75 Å². The summed E-state index contributed by atoms with van der Waals surface area (Å²) in [5, 5.41) is 3.53. The van der Waals surface area contributed by atoms with Gasteiger partial charge in [-0.15, -0.1) is 0 Å². The average Bonchev–Trinajstić information content (AvgIpc) is 3.47. The van der Waals surface area contributed by atoms with Gasteiger partial charge in [-0.3, -0.25) is 24.2 Å². The molecule has 0 saturated carbocycles. The summed E-state index contributed by atoms with van der Waals surface area (Å²) in [6.45, 7) is 0.635. The van der Waals surface area contributed by atoms with Gasteiger partial charge in [0.15, 0.2) is 0 Å². The number of imide groups is 1. The number of esters is 1. The molecule has 10 heteroatoms. The van der Waals surface area contributed by atoms with Crippen LogP contribution >= 0.6 is 0 Å². The van der Waals surface area contributed by atoms with Gasteiger partial charge in [0.05, 0.1) is 49.1 Å². The lowest BCUT2D eigenvalue weighted by Gasteiger charge is -2.38. The minimum absolute atomic E-state index is 0.0222.